The third-order valence-electron chi connectivity index (χ3n) is 5.79. The predicted molar refractivity (Wildman–Crippen MR) is 164 cm³/mol. The third-order valence-corrected chi connectivity index (χ3v) is 7.39. The molecule has 0 fully saturated rings. The van der Waals surface area contributed by atoms with Gasteiger partial charge in [0.1, 0.15) is 25.5 Å². The average Bonchev–Trinajstić information content (AvgIpc) is 2.84. The molecule has 0 amide bonds. The summed E-state index contributed by atoms with van der Waals surface area (Å²) in [6.07, 6.45) is 9.69. The maximum Gasteiger partial charge on any atom is 0.305 e. The molecule has 1 aliphatic rings. The van der Waals surface area contributed by atoms with Gasteiger partial charge in [-0.1, -0.05) is 0 Å². The Morgan fingerprint density at radius 3 is 2.08 bits per heavy atom. The van der Waals surface area contributed by atoms with E-state index in [0.717, 1.165) is 18.5 Å². The van der Waals surface area contributed by atoms with Crippen molar-refractivity contribution in [1.82, 2.24) is 0 Å². The van der Waals surface area contributed by atoms with Gasteiger partial charge in [0.2, 0.25) is 0 Å². The lowest BCUT2D eigenvalue weighted by Crippen LogP contribution is -3.00. The van der Waals surface area contributed by atoms with E-state index in [0.29, 0.717) is 26.1 Å². The minimum atomic E-state index is -0.178. The van der Waals surface area contributed by atoms with E-state index in [4.69, 9.17) is 9.47 Å². The van der Waals surface area contributed by atoms with Crippen LogP contribution < -0.4 is 9.64 Å². The van der Waals surface area contributed by atoms with E-state index in [1.165, 1.54) is 33.0 Å². The number of quaternary nitrogens is 1. The summed E-state index contributed by atoms with van der Waals surface area (Å²) < 4.78 is 15.3. The molecule has 0 bridgehead atoms. The first-order chi connectivity index (χ1) is 17.2. The first-order valence-corrected chi connectivity index (χ1v) is 14.2. The van der Waals surface area contributed by atoms with Gasteiger partial charge in [-0.15, -0.1) is 0 Å². The highest BCUT2D eigenvalue weighted by Gasteiger charge is 2.17. The molecular weight excluding hydrogens is 678 g/mol. The van der Waals surface area contributed by atoms with E-state index in [2.05, 4.69) is 139 Å². The number of nitrogens with one attached hydrogen (secondary N) is 1. The van der Waals surface area contributed by atoms with Crippen molar-refractivity contribution in [3.63, 3.8) is 0 Å². The first-order valence-electron chi connectivity index (χ1n) is 12.0. The van der Waals surface area contributed by atoms with Gasteiger partial charge in [0.05, 0.1) is 34.4 Å². The monoisotopic (exact) mass is 712 g/mol. The van der Waals surface area contributed by atoms with E-state index in [1.54, 1.807) is 0 Å². The number of hydrogen-bond donors (Lipinski definition) is 1. The number of rotatable bonds is 9. The summed E-state index contributed by atoms with van der Waals surface area (Å²) >= 11 is 4.69. The molecule has 0 aliphatic heterocycles. The van der Waals surface area contributed by atoms with Crippen LogP contribution in [0.15, 0.2) is 66.3 Å². The Labute approximate surface area is 241 Å². The summed E-state index contributed by atoms with van der Waals surface area (Å²) in [6, 6.07) is 13.2. The lowest BCUT2D eigenvalue weighted by molar-refractivity contribution is -0.786. The van der Waals surface area contributed by atoms with Crippen molar-refractivity contribution >= 4 is 68.1 Å². The van der Waals surface area contributed by atoms with E-state index in [1.807, 2.05) is 6.92 Å². The van der Waals surface area contributed by atoms with Crippen molar-refractivity contribution < 1.29 is 23.7 Å². The molecule has 0 aromatic heterocycles. The molecule has 0 unspecified atom stereocenters. The molecular formula is C29H34I2N2O3+2. The summed E-state index contributed by atoms with van der Waals surface area (Å²) in [4.78, 5) is 12.9. The van der Waals surface area contributed by atoms with Crippen LogP contribution in [0.5, 0.6) is 5.75 Å². The second kappa shape index (κ2) is 13.5. The minimum absolute atomic E-state index is 0.178. The van der Waals surface area contributed by atoms with Crippen LogP contribution >= 0.6 is 45.2 Å². The summed E-state index contributed by atoms with van der Waals surface area (Å²) in [5.74, 6) is 0.680. The Hall–Kier alpha value is -1.98. The lowest BCUT2D eigenvalue weighted by atomic mass is 9.90. The topological polar surface area (TPSA) is 43.0 Å². The van der Waals surface area contributed by atoms with Gasteiger partial charge in [-0.25, -0.2) is 4.58 Å². The van der Waals surface area contributed by atoms with E-state index in [-0.39, 0.29) is 5.97 Å². The SMILES string of the molecule is CCOC(=O)CCCOc1c(I)cc(C(=C2C=CC(=[N+](C)C)C=C2)c2ccc([NH+](C)C)cc2)cc1I. The molecule has 0 atom stereocenters. The Morgan fingerprint density at radius 2 is 1.56 bits per heavy atom. The second-order valence-electron chi connectivity index (χ2n) is 8.92. The highest BCUT2D eigenvalue weighted by molar-refractivity contribution is 14.1. The highest BCUT2D eigenvalue weighted by atomic mass is 127. The fourth-order valence-corrected chi connectivity index (χ4v) is 5.94. The molecule has 1 aliphatic carbocycles. The quantitative estimate of drug-likeness (QED) is 0.172. The zero-order valence-electron chi connectivity index (χ0n) is 21.5. The Kier molecular flexibility index (Phi) is 10.7. The van der Waals surface area contributed by atoms with Gasteiger partial charge in [-0.2, -0.15) is 0 Å². The molecule has 5 nitrogen and oxygen atoms in total. The molecule has 3 rings (SSSR count). The van der Waals surface area contributed by atoms with Gasteiger partial charge in [-0.05, 0) is 129 Å². The van der Waals surface area contributed by atoms with Gasteiger partial charge in [0.25, 0.3) is 0 Å². The number of nitrogens with zero attached hydrogens (tertiary/aromatic N) is 1. The molecule has 2 aromatic carbocycles. The van der Waals surface area contributed by atoms with Crippen LogP contribution in [-0.4, -0.2) is 57.7 Å². The van der Waals surface area contributed by atoms with Crippen molar-refractivity contribution in [2.24, 2.45) is 0 Å². The van der Waals surface area contributed by atoms with Crippen molar-refractivity contribution in [3.8, 4) is 5.75 Å². The van der Waals surface area contributed by atoms with E-state index < -0.39 is 0 Å². The smallest absolute Gasteiger partial charge is 0.305 e. The molecule has 0 radical (unpaired) electrons. The largest absolute Gasteiger partial charge is 0.491 e. The van der Waals surface area contributed by atoms with Crippen LogP contribution in [-0.2, 0) is 9.53 Å². The summed E-state index contributed by atoms with van der Waals surface area (Å²) in [7, 11) is 8.38. The van der Waals surface area contributed by atoms with Gasteiger partial charge in [0, 0.05) is 18.6 Å². The van der Waals surface area contributed by atoms with Crippen LogP contribution in [0.3, 0.4) is 0 Å². The zero-order chi connectivity index (χ0) is 26.2. The highest BCUT2D eigenvalue weighted by Crippen LogP contribution is 2.36. The van der Waals surface area contributed by atoms with Gasteiger partial charge in [-0.3, -0.25) is 4.79 Å². The normalized spacial score (nSPS) is 12.8. The summed E-state index contributed by atoms with van der Waals surface area (Å²) in [5, 5.41) is 0. The molecule has 0 saturated heterocycles. The number of halogens is 2. The van der Waals surface area contributed by atoms with Crippen molar-refractivity contribution in [3.05, 3.63) is 84.5 Å². The summed E-state index contributed by atoms with van der Waals surface area (Å²) in [6.45, 7) is 2.70. The van der Waals surface area contributed by atoms with E-state index in [9.17, 15) is 4.79 Å². The zero-order valence-corrected chi connectivity index (χ0v) is 25.8. The van der Waals surface area contributed by atoms with Crippen molar-refractivity contribution in [1.29, 1.82) is 0 Å². The molecule has 0 heterocycles. The number of allylic oxidation sites excluding steroid dienone is 5. The fourth-order valence-electron chi connectivity index (χ4n) is 3.86. The van der Waals surface area contributed by atoms with Crippen LogP contribution in [0.1, 0.15) is 30.9 Å². The Balaban J connectivity index is 1.96. The maximum absolute atomic E-state index is 11.6. The van der Waals surface area contributed by atoms with Crippen LogP contribution in [0.2, 0.25) is 0 Å². The van der Waals surface area contributed by atoms with Crippen molar-refractivity contribution in [2.45, 2.75) is 19.8 Å². The number of hydrogen-bond acceptors (Lipinski definition) is 3. The predicted octanol–water partition coefficient (Wildman–Crippen LogP) is 5.03. The van der Waals surface area contributed by atoms with Gasteiger partial charge in [0.15, 0.2) is 5.71 Å². The molecule has 36 heavy (non-hydrogen) atoms. The van der Waals surface area contributed by atoms with E-state index >= 15 is 0 Å². The first kappa shape index (κ1) is 28.6. The lowest BCUT2D eigenvalue weighted by Gasteiger charge is -2.17. The number of esters is 1. The standard InChI is InChI=1S/C29H33I2N2O3/c1-6-35-27(34)8-7-17-36-29-25(30)18-22(19-26(29)31)28(20-9-13-23(14-10-20)32(2)3)21-11-15-24(16-12-21)33(4)5/h9-16,18-19H,6-8,17H2,1-5H3/q+1/p+1. The number of ether oxygens (including phenoxy) is 2. The van der Waals surface area contributed by atoms with Gasteiger partial charge >= 0.3 is 5.97 Å². The number of benzene rings is 2. The average molecular weight is 712 g/mol. The minimum Gasteiger partial charge on any atom is -0.491 e. The Bertz CT molecular complexity index is 1180. The van der Waals surface area contributed by atoms with Crippen LogP contribution in [0, 0.1) is 7.14 Å². The second-order valence-corrected chi connectivity index (χ2v) is 11.2. The molecule has 7 heteroatoms. The Morgan fingerprint density at radius 1 is 0.944 bits per heavy atom. The summed E-state index contributed by atoms with van der Waals surface area (Å²) in [5.41, 5.74) is 7.08. The third kappa shape index (κ3) is 7.52. The van der Waals surface area contributed by atoms with Gasteiger partial charge < -0.3 is 14.4 Å². The fraction of sp³-hybridized carbons (Fsp3) is 0.310. The maximum atomic E-state index is 11.6. The van der Waals surface area contributed by atoms with Crippen LogP contribution in [0.25, 0.3) is 5.57 Å². The van der Waals surface area contributed by atoms with Crippen molar-refractivity contribution in [2.75, 3.05) is 41.4 Å². The number of carbonyl (C=O) groups is 1. The molecule has 1 N–H and O–H groups in total. The molecule has 0 spiro atoms. The molecule has 2 aromatic rings. The molecule has 190 valence electrons. The molecule has 0 saturated carbocycles. The number of carbonyl (C=O) groups excluding carboxylic acids is 1. The van der Waals surface area contributed by atoms with Crippen LogP contribution in [0.4, 0.5) is 5.69 Å².